The van der Waals surface area contributed by atoms with Crippen LogP contribution in [-0.2, 0) is 0 Å². The Hall–Kier alpha value is -1.70. The van der Waals surface area contributed by atoms with Crippen molar-refractivity contribution in [2.45, 2.75) is 51.9 Å². The summed E-state index contributed by atoms with van der Waals surface area (Å²) >= 11 is 0. The molecule has 0 saturated carbocycles. The maximum absolute atomic E-state index is 12.3. The van der Waals surface area contributed by atoms with Crippen LogP contribution in [0.3, 0.4) is 0 Å². The van der Waals surface area contributed by atoms with Gasteiger partial charge >= 0.3 is 0 Å². The van der Waals surface area contributed by atoms with Gasteiger partial charge in [0.1, 0.15) is 0 Å². The summed E-state index contributed by atoms with van der Waals surface area (Å²) in [5.74, 6) is 0.227. The third kappa shape index (κ3) is 3.89. The standard InChI is InChI=1S/C18H23NO/c1-2-3-4-5-6-7-12-18(20)17-14-19-13-15-10-8-9-11-16(15)17/h8-11,13-14H,2-7,12H2,1H3. The molecule has 0 bridgehead atoms. The summed E-state index contributed by atoms with van der Waals surface area (Å²) in [7, 11) is 0. The first kappa shape index (κ1) is 14.7. The first-order valence-electron chi connectivity index (χ1n) is 7.69. The molecule has 0 aliphatic heterocycles. The fourth-order valence-electron chi connectivity index (χ4n) is 2.54. The van der Waals surface area contributed by atoms with Gasteiger partial charge in [-0.05, 0) is 11.8 Å². The molecule has 1 aromatic carbocycles. The Morgan fingerprint density at radius 1 is 1.00 bits per heavy atom. The molecule has 0 aliphatic rings. The second-order valence-corrected chi connectivity index (χ2v) is 5.35. The number of hydrogen-bond acceptors (Lipinski definition) is 2. The number of rotatable bonds is 8. The van der Waals surface area contributed by atoms with Crippen LogP contribution in [0.5, 0.6) is 0 Å². The number of Topliss-reactive ketones (excluding diaryl/α,β-unsaturated/α-hetero) is 1. The Kier molecular flexibility index (Phi) is 5.72. The lowest BCUT2D eigenvalue weighted by Gasteiger charge is -2.05. The number of carbonyl (C=O) groups excluding carboxylic acids is 1. The minimum Gasteiger partial charge on any atom is -0.294 e. The van der Waals surface area contributed by atoms with Crippen molar-refractivity contribution in [3.63, 3.8) is 0 Å². The predicted molar refractivity (Wildman–Crippen MR) is 84.1 cm³/mol. The predicted octanol–water partition coefficient (Wildman–Crippen LogP) is 5.17. The first-order valence-corrected chi connectivity index (χ1v) is 7.69. The van der Waals surface area contributed by atoms with Gasteiger partial charge < -0.3 is 0 Å². The van der Waals surface area contributed by atoms with Crippen molar-refractivity contribution in [3.05, 3.63) is 42.2 Å². The zero-order valence-corrected chi connectivity index (χ0v) is 12.3. The average Bonchev–Trinajstić information content (AvgIpc) is 2.50. The van der Waals surface area contributed by atoms with E-state index in [0.717, 1.165) is 29.2 Å². The van der Waals surface area contributed by atoms with Gasteiger partial charge in [-0.3, -0.25) is 9.78 Å². The highest BCUT2D eigenvalue weighted by molar-refractivity contribution is 6.07. The van der Waals surface area contributed by atoms with E-state index in [4.69, 9.17) is 0 Å². The maximum atomic E-state index is 12.3. The van der Waals surface area contributed by atoms with Crippen molar-refractivity contribution in [3.8, 4) is 0 Å². The smallest absolute Gasteiger partial charge is 0.165 e. The van der Waals surface area contributed by atoms with Crippen LogP contribution in [0.15, 0.2) is 36.7 Å². The van der Waals surface area contributed by atoms with Gasteiger partial charge in [0, 0.05) is 29.8 Å². The minimum absolute atomic E-state index is 0.227. The van der Waals surface area contributed by atoms with Gasteiger partial charge in [0.05, 0.1) is 0 Å². The largest absolute Gasteiger partial charge is 0.294 e. The number of nitrogens with zero attached hydrogens (tertiary/aromatic N) is 1. The van der Waals surface area contributed by atoms with Crippen molar-refractivity contribution in [2.75, 3.05) is 0 Å². The zero-order valence-electron chi connectivity index (χ0n) is 12.3. The summed E-state index contributed by atoms with van der Waals surface area (Å²) in [6.45, 7) is 2.22. The van der Waals surface area contributed by atoms with Gasteiger partial charge in [0.25, 0.3) is 0 Å². The topological polar surface area (TPSA) is 30.0 Å². The normalized spacial score (nSPS) is 10.8. The molecule has 2 heteroatoms. The third-order valence-corrected chi connectivity index (χ3v) is 3.73. The number of aromatic nitrogens is 1. The SMILES string of the molecule is CCCCCCCCC(=O)c1cncc2ccccc12. The number of hydrogen-bond donors (Lipinski definition) is 0. The van der Waals surface area contributed by atoms with Crippen molar-refractivity contribution in [1.29, 1.82) is 0 Å². The highest BCUT2D eigenvalue weighted by Crippen LogP contribution is 2.19. The number of benzene rings is 1. The molecule has 1 heterocycles. The van der Waals surface area contributed by atoms with Gasteiger partial charge in [0.15, 0.2) is 5.78 Å². The van der Waals surface area contributed by atoms with Crippen LogP contribution >= 0.6 is 0 Å². The van der Waals surface area contributed by atoms with E-state index in [9.17, 15) is 4.79 Å². The van der Waals surface area contributed by atoms with Crippen LogP contribution in [0, 0.1) is 0 Å². The molecular weight excluding hydrogens is 246 g/mol. The molecule has 2 nitrogen and oxygen atoms in total. The monoisotopic (exact) mass is 269 g/mol. The Balaban J connectivity index is 1.91. The lowest BCUT2D eigenvalue weighted by atomic mass is 10.0. The zero-order chi connectivity index (χ0) is 14.2. The fourth-order valence-corrected chi connectivity index (χ4v) is 2.54. The van der Waals surface area contributed by atoms with E-state index in [-0.39, 0.29) is 5.78 Å². The van der Waals surface area contributed by atoms with E-state index in [1.807, 2.05) is 30.5 Å². The van der Waals surface area contributed by atoms with Crippen LogP contribution in [0.1, 0.15) is 62.2 Å². The molecule has 0 amide bonds. The molecule has 0 unspecified atom stereocenters. The van der Waals surface area contributed by atoms with Crippen LogP contribution < -0.4 is 0 Å². The van der Waals surface area contributed by atoms with Crippen LogP contribution in [0.4, 0.5) is 0 Å². The van der Waals surface area contributed by atoms with Crippen molar-refractivity contribution >= 4 is 16.6 Å². The summed E-state index contributed by atoms with van der Waals surface area (Å²) in [5, 5.41) is 2.07. The van der Waals surface area contributed by atoms with E-state index in [1.165, 1.54) is 25.7 Å². The molecule has 0 N–H and O–H groups in total. The van der Waals surface area contributed by atoms with Crippen molar-refractivity contribution in [1.82, 2.24) is 4.98 Å². The summed E-state index contributed by atoms with van der Waals surface area (Å²) in [4.78, 5) is 16.5. The van der Waals surface area contributed by atoms with Gasteiger partial charge in [-0.15, -0.1) is 0 Å². The Morgan fingerprint density at radius 2 is 1.75 bits per heavy atom. The van der Waals surface area contributed by atoms with Crippen LogP contribution in [0.2, 0.25) is 0 Å². The molecule has 106 valence electrons. The van der Waals surface area contributed by atoms with Crippen LogP contribution in [0.25, 0.3) is 10.8 Å². The molecule has 0 saturated heterocycles. The number of pyridine rings is 1. The molecule has 2 aromatic rings. The van der Waals surface area contributed by atoms with Gasteiger partial charge in [-0.25, -0.2) is 0 Å². The lowest BCUT2D eigenvalue weighted by Crippen LogP contribution is -2.01. The number of fused-ring (bicyclic) bond motifs is 1. The van der Waals surface area contributed by atoms with E-state index in [1.54, 1.807) is 6.20 Å². The van der Waals surface area contributed by atoms with Crippen molar-refractivity contribution < 1.29 is 4.79 Å². The first-order chi connectivity index (χ1) is 9.83. The summed E-state index contributed by atoms with van der Waals surface area (Å²) in [6.07, 6.45) is 11.4. The number of ketones is 1. The van der Waals surface area contributed by atoms with Crippen molar-refractivity contribution in [2.24, 2.45) is 0 Å². The third-order valence-electron chi connectivity index (χ3n) is 3.73. The molecule has 2 rings (SSSR count). The lowest BCUT2D eigenvalue weighted by molar-refractivity contribution is 0.0980. The highest BCUT2D eigenvalue weighted by atomic mass is 16.1. The summed E-state index contributed by atoms with van der Waals surface area (Å²) < 4.78 is 0. The molecule has 0 aliphatic carbocycles. The summed E-state index contributed by atoms with van der Waals surface area (Å²) in [5.41, 5.74) is 0.775. The molecule has 1 aromatic heterocycles. The Labute approximate surface area is 121 Å². The number of carbonyl (C=O) groups is 1. The van der Waals surface area contributed by atoms with E-state index in [0.29, 0.717) is 6.42 Å². The van der Waals surface area contributed by atoms with Gasteiger partial charge in [-0.1, -0.05) is 63.3 Å². The minimum atomic E-state index is 0.227. The fraction of sp³-hybridized carbons (Fsp3) is 0.444. The van der Waals surface area contributed by atoms with E-state index >= 15 is 0 Å². The molecule has 0 radical (unpaired) electrons. The second kappa shape index (κ2) is 7.78. The highest BCUT2D eigenvalue weighted by Gasteiger charge is 2.09. The molecular formula is C18H23NO. The molecule has 20 heavy (non-hydrogen) atoms. The summed E-state index contributed by atoms with van der Waals surface area (Å²) in [6, 6.07) is 7.96. The number of unbranched alkanes of at least 4 members (excludes halogenated alkanes) is 5. The Morgan fingerprint density at radius 3 is 2.60 bits per heavy atom. The van der Waals surface area contributed by atoms with Gasteiger partial charge in [0.2, 0.25) is 0 Å². The second-order valence-electron chi connectivity index (χ2n) is 5.35. The van der Waals surface area contributed by atoms with E-state index in [2.05, 4.69) is 11.9 Å². The van der Waals surface area contributed by atoms with E-state index < -0.39 is 0 Å². The molecule has 0 fully saturated rings. The maximum Gasteiger partial charge on any atom is 0.165 e. The van der Waals surface area contributed by atoms with Crippen LogP contribution in [-0.4, -0.2) is 10.8 Å². The van der Waals surface area contributed by atoms with Gasteiger partial charge in [-0.2, -0.15) is 0 Å². The average molecular weight is 269 g/mol. The Bertz CT molecular complexity index is 557. The molecule has 0 atom stereocenters. The quantitative estimate of drug-likeness (QED) is 0.489. The molecule has 0 spiro atoms.